The molecule has 1 fully saturated rings. The lowest BCUT2D eigenvalue weighted by Crippen LogP contribution is -2.44. The molecule has 1 N–H and O–H groups in total. The predicted molar refractivity (Wildman–Crippen MR) is 92.6 cm³/mol. The summed E-state index contributed by atoms with van der Waals surface area (Å²) in [7, 11) is 2.12. The second-order valence-corrected chi connectivity index (χ2v) is 7.05. The highest BCUT2D eigenvalue weighted by Crippen LogP contribution is 2.31. The molecule has 2 aromatic heterocycles. The van der Waals surface area contributed by atoms with Crippen molar-refractivity contribution in [1.29, 1.82) is 0 Å². The van der Waals surface area contributed by atoms with Crippen molar-refractivity contribution in [3.8, 4) is 0 Å². The zero-order valence-corrected chi connectivity index (χ0v) is 15.2. The van der Waals surface area contributed by atoms with Gasteiger partial charge in [-0.1, -0.05) is 0 Å². The van der Waals surface area contributed by atoms with Crippen LogP contribution in [-0.2, 0) is 16.9 Å². The number of nitrogens with zero attached hydrogens (tertiary/aromatic N) is 6. The number of hydrogen-bond acceptors (Lipinski definition) is 6. The molecule has 0 unspecified atom stereocenters. The van der Waals surface area contributed by atoms with Crippen molar-refractivity contribution in [2.45, 2.75) is 51.7 Å². The van der Waals surface area contributed by atoms with E-state index in [9.17, 15) is 4.79 Å². The zero-order valence-electron chi connectivity index (χ0n) is 15.2. The number of aryl methyl sites for hydroxylation is 1. The smallest absolute Gasteiger partial charge is 0.247 e. The van der Waals surface area contributed by atoms with Crippen molar-refractivity contribution in [1.82, 2.24) is 34.9 Å². The van der Waals surface area contributed by atoms with Crippen LogP contribution in [0.3, 0.4) is 0 Å². The summed E-state index contributed by atoms with van der Waals surface area (Å²) < 4.78 is 1.56. The van der Waals surface area contributed by atoms with Gasteiger partial charge >= 0.3 is 0 Å². The number of likely N-dealkylation sites (tertiary alicyclic amines) is 1. The van der Waals surface area contributed by atoms with Gasteiger partial charge in [0.25, 0.3) is 0 Å². The van der Waals surface area contributed by atoms with Crippen LogP contribution in [0.2, 0.25) is 0 Å². The van der Waals surface area contributed by atoms with E-state index in [2.05, 4.69) is 37.3 Å². The molecule has 0 radical (unpaired) electrons. The van der Waals surface area contributed by atoms with Gasteiger partial charge in [-0.3, -0.25) is 9.69 Å². The molecule has 3 rings (SSSR count). The summed E-state index contributed by atoms with van der Waals surface area (Å²) in [6.07, 6.45) is 7.05. The highest BCUT2D eigenvalue weighted by Gasteiger charge is 2.31. The van der Waals surface area contributed by atoms with Gasteiger partial charge in [-0.25, -0.2) is 19.6 Å². The fourth-order valence-electron chi connectivity index (χ4n) is 3.19. The molecule has 3 heterocycles. The number of aromatic nitrogens is 5. The Balaban J connectivity index is 1.76. The summed E-state index contributed by atoms with van der Waals surface area (Å²) in [6, 6.07) is 0.289. The van der Waals surface area contributed by atoms with Gasteiger partial charge in [0.15, 0.2) is 0 Å². The Morgan fingerprint density at radius 2 is 2.24 bits per heavy atom. The van der Waals surface area contributed by atoms with E-state index in [4.69, 9.17) is 0 Å². The predicted octanol–water partition coefficient (Wildman–Crippen LogP) is 1.19. The molecule has 0 spiro atoms. The maximum Gasteiger partial charge on any atom is 0.247 e. The number of nitrogens with one attached hydrogen (secondary N) is 1. The first-order chi connectivity index (χ1) is 11.9. The molecule has 1 aliphatic heterocycles. The van der Waals surface area contributed by atoms with Crippen molar-refractivity contribution < 1.29 is 4.79 Å². The largest absolute Gasteiger partial charge is 0.350 e. The van der Waals surface area contributed by atoms with Crippen molar-refractivity contribution in [3.05, 3.63) is 35.9 Å². The lowest BCUT2D eigenvalue weighted by Gasteiger charge is -2.25. The zero-order chi connectivity index (χ0) is 18.0. The second-order valence-electron chi connectivity index (χ2n) is 7.05. The fourth-order valence-corrected chi connectivity index (χ4v) is 3.19. The van der Waals surface area contributed by atoms with E-state index in [0.717, 1.165) is 36.5 Å². The number of carbonyl (C=O) groups is 1. The van der Waals surface area contributed by atoms with Crippen LogP contribution < -0.4 is 5.32 Å². The quantitative estimate of drug-likeness (QED) is 0.877. The average molecular weight is 343 g/mol. The fraction of sp³-hybridized carbons (Fsp3) is 0.588. The molecule has 134 valence electrons. The van der Waals surface area contributed by atoms with Crippen LogP contribution in [0.15, 0.2) is 18.9 Å². The van der Waals surface area contributed by atoms with Gasteiger partial charge < -0.3 is 5.32 Å². The second kappa shape index (κ2) is 6.87. The Labute approximate surface area is 147 Å². The van der Waals surface area contributed by atoms with E-state index in [0.29, 0.717) is 6.54 Å². The summed E-state index contributed by atoms with van der Waals surface area (Å²) in [6.45, 7) is 6.99. The summed E-state index contributed by atoms with van der Waals surface area (Å²) in [5.74, 6) is 0.637. The summed E-state index contributed by atoms with van der Waals surface area (Å²) in [5.41, 5.74) is 1.17. The molecule has 0 bridgehead atoms. The molecule has 8 nitrogen and oxygen atoms in total. The van der Waals surface area contributed by atoms with Gasteiger partial charge in [-0.15, -0.1) is 0 Å². The topological polar surface area (TPSA) is 88.8 Å². The van der Waals surface area contributed by atoms with Crippen molar-refractivity contribution >= 4 is 5.91 Å². The molecule has 1 saturated heterocycles. The first-order valence-corrected chi connectivity index (χ1v) is 8.55. The molecular formula is C17H25N7O. The van der Waals surface area contributed by atoms with Crippen LogP contribution in [0.4, 0.5) is 0 Å². The van der Waals surface area contributed by atoms with E-state index in [1.165, 1.54) is 6.33 Å². The van der Waals surface area contributed by atoms with Crippen LogP contribution in [-0.4, -0.2) is 49.1 Å². The van der Waals surface area contributed by atoms with E-state index in [1.54, 1.807) is 11.0 Å². The van der Waals surface area contributed by atoms with Gasteiger partial charge in [0, 0.05) is 18.3 Å². The van der Waals surface area contributed by atoms with E-state index >= 15 is 0 Å². The molecule has 8 heteroatoms. The Kier molecular flexibility index (Phi) is 4.80. The van der Waals surface area contributed by atoms with E-state index < -0.39 is 5.54 Å². The minimum absolute atomic E-state index is 0.121. The van der Waals surface area contributed by atoms with Crippen LogP contribution in [0.25, 0.3) is 0 Å². The highest BCUT2D eigenvalue weighted by molar-refractivity contribution is 5.83. The average Bonchev–Trinajstić information content (AvgIpc) is 3.25. The number of amides is 1. The molecule has 1 aliphatic rings. The lowest BCUT2D eigenvalue weighted by atomic mass is 10.0. The maximum atomic E-state index is 12.6. The third-order valence-corrected chi connectivity index (χ3v) is 4.84. The molecule has 25 heavy (non-hydrogen) atoms. The van der Waals surface area contributed by atoms with E-state index in [1.807, 2.05) is 27.0 Å². The molecular weight excluding hydrogens is 318 g/mol. The van der Waals surface area contributed by atoms with Gasteiger partial charge in [0.2, 0.25) is 5.91 Å². The van der Waals surface area contributed by atoms with E-state index in [-0.39, 0.29) is 11.9 Å². The molecule has 0 saturated carbocycles. The highest BCUT2D eigenvalue weighted by atomic mass is 16.2. The Hall–Kier alpha value is -2.35. The first kappa shape index (κ1) is 17.5. The van der Waals surface area contributed by atoms with Crippen LogP contribution in [0.1, 0.15) is 49.8 Å². The minimum Gasteiger partial charge on any atom is -0.350 e. The monoisotopic (exact) mass is 343 g/mol. The summed E-state index contributed by atoms with van der Waals surface area (Å²) >= 11 is 0. The van der Waals surface area contributed by atoms with Crippen molar-refractivity contribution in [3.63, 3.8) is 0 Å². The van der Waals surface area contributed by atoms with Gasteiger partial charge in [0.1, 0.15) is 24.0 Å². The lowest BCUT2D eigenvalue weighted by molar-refractivity contribution is -0.129. The van der Waals surface area contributed by atoms with Crippen LogP contribution in [0, 0.1) is 6.92 Å². The third kappa shape index (κ3) is 3.53. The van der Waals surface area contributed by atoms with Gasteiger partial charge in [-0.2, -0.15) is 5.10 Å². The first-order valence-electron chi connectivity index (χ1n) is 8.55. The Morgan fingerprint density at radius 1 is 1.44 bits per heavy atom. The van der Waals surface area contributed by atoms with Crippen molar-refractivity contribution in [2.24, 2.45) is 0 Å². The SMILES string of the molecule is Cc1ncc(CNC(=O)C(C)(C)n2cncn2)c([C@@H]2CCCN2C)n1. The van der Waals surface area contributed by atoms with Crippen molar-refractivity contribution in [2.75, 3.05) is 13.6 Å². The third-order valence-electron chi connectivity index (χ3n) is 4.84. The minimum atomic E-state index is -0.813. The molecule has 2 aromatic rings. The summed E-state index contributed by atoms with van der Waals surface area (Å²) in [5, 5.41) is 7.08. The van der Waals surface area contributed by atoms with Crippen LogP contribution >= 0.6 is 0 Å². The summed E-state index contributed by atoms with van der Waals surface area (Å²) in [4.78, 5) is 27.9. The number of carbonyl (C=O) groups excluding carboxylic acids is 1. The molecule has 1 atom stereocenters. The van der Waals surface area contributed by atoms with Gasteiger partial charge in [-0.05, 0) is 47.2 Å². The van der Waals surface area contributed by atoms with Gasteiger partial charge in [0.05, 0.1) is 11.7 Å². The molecule has 0 aromatic carbocycles. The normalized spacial score (nSPS) is 18.5. The molecule has 0 aliphatic carbocycles. The maximum absolute atomic E-state index is 12.6. The Morgan fingerprint density at radius 3 is 2.88 bits per heavy atom. The molecule has 1 amide bonds. The Bertz CT molecular complexity index is 741. The number of rotatable bonds is 5. The standard InChI is InChI=1S/C17H25N7O/c1-12-19-8-13(15(22-12)14-6-5-7-23(14)4)9-20-16(25)17(2,3)24-11-18-10-21-24/h8,10-11,14H,5-7,9H2,1-4H3,(H,20,25)/t14-/m0/s1. The van der Waals surface area contributed by atoms with Crippen LogP contribution in [0.5, 0.6) is 0 Å². The number of hydrogen-bond donors (Lipinski definition) is 1.